The molecule has 8 aromatic heterocycles. The first-order valence-electron chi connectivity index (χ1n) is 24.3. The minimum atomic E-state index is -0.142. The quantitative estimate of drug-likeness (QED) is 0.200. The second-order valence-electron chi connectivity index (χ2n) is 18.9. The molecule has 0 radical (unpaired) electrons. The van der Waals surface area contributed by atoms with Gasteiger partial charge in [0.25, 0.3) is 0 Å². The number of hydrogen-bond acceptors (Lipinski definition) is 16. The van der Waals surface area contributed by atoms with Gasteiger partial charge in [-0.1, -0.05) is 0 Å². The molecule has 0 bridgehead atoms. The van der Waals surface area contributed by atoms with Gasteiger partial charge in [-0.2, -0.15) is 30.9 Å². The lowest BCUT2D eigenvalue weighted by molar-refractivity contribution is -0.136. The third-order valence-electron chi connectivity index (χ3n) is 14.4. The van der Waals surface area contributed by atoms with Gasteiger partial charge in [-0.25, -0.2) is 29.0 Å². The summed E-state index contributed by atoms with van der Waals surface area (Å²) >= 11 is 0. The summed E-state index contributed by atoms with van der Waals surface area (Å²) in [6.45, 7) is 8.05. The van der Waals surface area contributed by atoms with Crippen molar-refractivity contribution in [1.82, 2.24) is 79.2 Å². The normalized spacial score (nSPS) is 19.3. The van der Waals surface area contributed by atoms with Crippen molar-refractivity contribution in [3.8, 4) is 57.2 Å². The first-order chi connectivity index (χ1) is 35.3. The summed E-state index contributed by atoms with van der Waals surface area (Å²) in [6, 6.07) is 12.4. The van der Waals surface area contributed by atoms with Crippen LogP contribution in [0.15, 0.2) is 86.2 Å². The number of fused-ring (bicyclic) bond motifs is 2. The lowest BCUT2D eigenvalue weighted by Crippen LogP contribution is -2.50. The lowest BCUT2D eigenvalue weighted by Gasteiger charge is -2.36. The van der Waals surface area contributed by atoms with Gasteiger partial charge < -0.3 is 30.2 Å². The van der Waals surface area contributed by atoms with E-state index >= 15 is 0 Å². The molecule has 2 N–H and O–H groups in total. The predicted octanol–water partition coefficient (Wildman–Crippen LogP) is 2.49. The first-order valence-corrected chi connectivity index (χ1v) is 24.3. The Morgan fingerprint density at radius 1 is 0.625 bits per heavy atom. The molecular weight excluding hydrogens is 913 g/mol. The molecule has 4 aliphatic heterocycles. The van der Waals surface area contributed by atoms with Crippen LogP contribution in [-0.4, -0.2) is 158 Å². The van der Waals surface area contributed by atoms with E-state index in [0.29, 0.717) is 117 Å². The number of anilines is 2. The second-order valence-corrected chi connectivity index (χ2v) is 18.9. The van der Waals surface area contributed by atoms with Gasteiger partial charge in [-0.05, 0) is 43.7 Å². The molecule has 4 saturated heterocycles. The van der Waals surface area contributed by atoms with Crippen molar-refractivity contribution in [2.24, 2.45) is 18.9 Å². The van der Waals surface area contributed by atoms with Crippen LogP contribution >= 0.6 is 0 Å². The van der Waals surface area contributed by atoms with E-state index in [2.05, 4.69) is 47.9 Å². The van der Waals surface area contributed by atoms with Crippen molar-refractivity contribution in [2.75, 3.05) is 81.8 Å². The van der Waals surface area contributed by atoms with E-state index in [1.165, 1.54) is 0 Å². The number of nitrogens with zero attached hydrogens (tertiary/aromatic N) is 18. The van der Waals surface area contributed by atoms with Crippen molar-refractivity contribution >= 4 is 34.5 Å². The number of carbonyl (C=O) groups is 2. The van der Waals surface area contributed by atoms with Crippen LogP contribution in [0.3, 0.4) is 0 Å². The van der Waals surface area contributed by atoms with E-state index in [9.17, 15) is 20.1 Å². The number of hydrogen-bond donors (Lipinski definition) is 2. The molecule has 72 heavy (non-hydrogen) atoms. The van der Waals surface area contributed by atoms with Crippen molar-refractivity contribution in [3.63, 3.8) is 0 Å². The van der Waals surface area contributed by atoms with Crippen LogP contribution in [0.2, 0.25) is 0 Å². The maximum Gasteiger partial charge on any atom is 0.227 e. The van der Waals surface area contributed by atoms with Crippen molar-refractivity contribution in [2.45, 2.75) is 25.4 Å². The Morgan fingerprint density at radius 2 is 1.18 bits per heavy atom. The van der Waals surface area contributed by atoms with E-state index < -0.39 is 0 Å². The monoisotopic (exact) mass is 962 g/mol. The molecule has 0 aliphatic carbocycles. The smallest absolute Gasteiger partial charge is 0.227 e. The molecule has 8 aromatic rings. The molecule has 1 unspecified atom stereocenters. The van der Waals surface area contributed by atoms with Gasteiger partial charge in [0, 0.05) is 126 Å². The molecule has 4 fully saturated rings. The Morgan fingerprint density at radius 3 is 1.68 bits per heavy atom. The van der Waals surface area contributed by atoms with Gasteiger partial charge in [0.15, 0.2) is 0 Å². The third-order valence-corrected chi connectivity index (χ3v) is 14.4. The standard InChI is InChI=1S/C50H50N20O2/c1-63-27-38(25-57-63)41-30-69-47(36(17-51)23-59-69)45(61-41)32-2-4-44(55-20-32)65-10-14-67(15-11-65)50(72)35-16-40(54-22-35)29-68-28-39(26-58-68)42-31-70-48(37(18-52)24-60-70)46(62-42)33-3-5-43(56-21-33)64-8-12-66(13-9-64)49(71)34-6-7-53-19-34/h2-5,20-21,23-28,30-31,34-35,40,53-54H,6-16,19,22,29H2,1H3/t34-,35+,40?/m0/s1. The van der Waals surface area contributed by atoms with Crippen LogP contribution in [0.25, 0.3) is 56.1 Å². The van der Waals surface area contributed by atoms with Crippen LogP contribution in [0, 0.1) is 34.5 Å². The molecule has 362 valence electrons. The number of piperazine rings is 2. The molecule has 22 heteroatoms. The Hall–Kier alpha value is -8.60. The molecule has 2 amide bonds. The van der Waals surface area contributed by atoms with E-state index in [1.54, 1.807) is 57.1 Å². The number of nitrogens with one attached hydrogen (secondary N) is 2. The average Bonchev–Trinajstić information content (AvgIpc) is 4.31. The highest BCUT2D eigenvalue weighted by Crippen LogP contribution is 2.32. The van der Waals surface area contributed by atoms with Crippen LogP contribution in [0.1, 0.15) is 24.0 Å². The molecule has 0 aromatic carbocycles. The van der Waals surface area contributed by atoms with Gasteiger partial charge in [-0.15, -0.1) is 0 Å². The van der Waals surface area contributed by atoms with Crippen LogP contribution in [-0.2, 0) is 23.2 Å². The number of nitriles is 2. The number of pyridine rings is 2. The van der Waals surface area contributed by atoms with Gasteiger partial charge in [-0.3, -0.25) is 19.0 Å². The molecule has 22 nitrogen and oxygen atoms in total. The zero-order valence-electron chi connectivity index (χ0n) is 39.6. The molecule has 3 atom stereocenters. The zero-order chi connectivity index (χ0) is 48.9. The number of aromatic nitrogens is 12. The van der Waals surface area contributed by atoms with Gasteiger partial charge in [0.05, 0.1) is 78.3 Å². The lowest BCUT2D eigenvalue weighted by atomic mass is 10.0. The van der Waals surface area contributed by atoms with Crippen molar-refractivity contribution < 1.29 is 9.59 Å². The number of carbonyl (C=O) groups excluding carboxylic acids is 2. The number of aryl methyl sites for hydroxylation is 1. The first kappa shape index (κ1) is 44.6. The van der Waals surface area contributed by atoms with Gasteiger partial charge >= 0.3 is 0 Å². The molecule has 12 rings (SSSR count). The molecule has 12 heterocycles. The minimum Gasteiger partial charge on any atom is -0.353 e. The molecule has 0 saturated carbocycles. The predicted molar refractivity (Wildman–Crippen MR) is 264 cm³/mol. The largest absolute Gasteiger partial charge is 0.353 e. The maximum atomic E-state index is 13.9. The summed E-state index contributed by atoms with van der Waals surface area (Å²) in [5.74, 6) is 1.96. The Balaban J connectivity index is 0.667. The zero-order valence-corrected chi connectivity index (χ0v) is 39.6. The third kappa shape index (κ3) is 8.39. The Labute approximate surface area is 413 Å². The summed E-state index contributed by atoms with van der Waals surface area (Å²) in [4.78, 5) is 54.9. The summed E-state index contributed by atoms with van der Waals surface area (Å²) in [7, 11) is 1.85. The summed E-state index contributed by atoms with van der Waals surface area (Å²) in [5, 5.41) is 44.6. The number of amides is 2. The molecular formula is C50H50N20O2. The van der Waals surface area contributed by atoms with E-state index in [4.69, 9.17) is 25.0 Å². The maximum absolute atomic E-state index is 13.9. The fourth-order valence-electron chi connectivity index (χ4n) is 10.5. The van der Waals surface area contributed by atoms with Crippen LogP contribution in [0.5, 0.6) is 0 Å². The van der Waals surface area contributed by atoms with Crippen molar-refractivity contribution in [3.05, 3.63) is 97.4 Å². The van der Waals surface area contributed by atoms with Crippen molar-refractivity contribution in [1.29, 1.82) is 10.5 Å². The van der Waals surface area contributed by atoms with E-state index in [-0.39, 0.29) is 29.7 Å². The average molecular weight is 963 g/mol. The fourth-order valence-corrected chi connectivity index (χ4v) is 10.5. The Bertz CT molecular complexity index is 3410. The minimum absolute atomic E-state index is 0.0521. The summed E-state index contributed by atoms with van der Waals surface area (Å²) in [5.41, 5.74) is 7.71. The van der Waals surface area contributed by atoms with E-state index in [1.807, 2.05) is 64.4 Å². The van der Waals surface area contributed by atoms with Crippen LogP contribution < -0.4 is 20.4 Å². The van der Waals surface area contributed by atoms with Crippen LogP contribution in [0.4, 0.5) is 11.6 Å². The molecule has 4 aliphatic rings. The second kappa shape index (κ2) is 18.6. The van der Waals surface area contributed by atoms with E-state index in [0.717, 1.165) is 53.4 Å². The summed E-state index contributed by atoms with van der Waals surface area (Å²) in [6.07, 6.45) is 19.2. The molecule has 0 spiro atoms. The summed E-state index contributed by atoms with van der Waals surface area (Å²) < 4.78 is 6.96. The highest BCUT2D eigenvalue weighted by molar-refractivity contribution is 5.85. The fraction of sp³-hybridized carbons (Fsp3) is 0.360. The Kier molecular flexibility index (Phi) is 11.5. The SMILES string of the molecule is Cn1cc(-c2cn3ncc(C#N)c3c(-c3ccc(N4CCN(C(=O)[C@H]5CNC(Cn6cc(-c7cn8ncc(C#N)c8c(-c8ccc(N9CCN(C(=O)[C@H]%10CCNC%10)CC9)nc8)n7)cn6)C5)CC4)nc3)n2)cn1. The van der Waals surface area contributed by atoms with Gasteiger partial charge in [0.1, 0.15) is 45.9 Å². The highest BCUT2D eigenvalue weighted by Gasteiger charge is 2.35. The number of rotatable bonds is 10. The topological polar surface area (TPSA) is 241 Å². The highest BCUT2D eigenvalue weighted by atomic mass is 16.2. The van der Waals surface area contributed by atoms with Gasteiger partial charge in [0.2, 0.25) is 11.8 Å².